The summed E-state index contributed by atoms with van der Waals surface area (Å²) in [5.41, 5.74) is 0.442. The van der Waals surface area contributed by atoms with Crippen LogP contribution in [0, 0.1) is 15.9 Å². The van der Waals surface area contributed by atoms with E-state index in [9.17, 15) is 14.5 Å². The van der Waals surface area contributed by atoms with E-state index < -0.39 is 16.4 Å². The van der Waals surface area contributed by atoms with Crippen LogP contribution in [0.2, 0.25) is 5.15 Å². The van der Waals surface area contributed by atoms with Gasteiger partial charge in [-0.3, -0.25) is 10.1 Å². The van der Waals surface area contributed by atoms with E-state index >= 15 is 0 Å². The molecule has 7 heteroatoms. The zero-order valence-corrected chi connectivity index (χ0v) is 9.69. The molecule has 0 radical (unpaired) electrons. The molecule has 0 bridgehead atoms. The number of hydrogen-bond acceptors (Lipinski definition) is 4. The van der Waals surface area contributed by atoms with Crippen molar-refractivity contribution in [3.63, 3.8) is 0 Å². The van der Waals surface area contributed by atoms with Gasteiger partial charge in [0, 0.05) is 29.7 Å². The molecule has 0 saturated heterocycles. The molecular weight excluding hydrogens is 261 g/mol. The molecule has 0 amide bonds. The fraction of sp³-hybridized carbons (Fsp3) is 0. The Morgan fingerprint density at radius 2 is 2.00 bits per heavy atom. The van der Waals surface area contributed by atoms with Crippen molar-refractivity contribution in [2.75, 3.05) is 5.32 Å². The van der Waals surface area contributed by atoms with E-state index in [0.29, 0.717) is 16.5 Å². The van der Waals surface area contributed by atoms with Crippen molar-refractivity contribution in [2.24, 2.45) is 0 Å². The molecule has 0 spiro atoms. The second-order valence-corrected chi connectivity index (χ2v) is 3.80. The maximum atomic E-state index is 13.4. The number of nitro groups is 1. The minimum atomic E-state index is -0.898. The lowest BCUT2D eigenvalue weighted by atomic mass is 10.2. The summed E-state index contributed by atoms with van der Waals surface area (Å²) in [7, 11) is 0. The third-order valence-electron chi connectivity index (χ3n) is 2.16. The molecule has 18 heavy (non-hydrogen) atoms. The van der Waals surface area contributed by atoms with E-state index in [1.165, 1.54) is 12.3 Å². The number of nitro benzene ring substituents is 1. The molecule has 0 atom stereocenters. The Morgan fingerprint density at radius 1 is 1.28 bits per heavy atom. The van der Waals surface area contributed by atoms with Crippen molar-refractivity contribution in [2.45, 2.75) is 0 Å². The lowest BCUT2D eigenvalue weighted by Gasteiger charge is -2.06. The van der Waals surface area contributed by atoms with Crippen molar-refractivity contribution in [3.05, 3.63) is 57.6 Å². The fourth-order valence-corrected chi connectivity index (χ4v) is 1.55. The fourth-order valence-electron chi connectivity index (χ4n) is 1.38. The summed E-state index contributed by atoms with van der Waals surface area (Å²) in [5, 5.41) is 13.6. The third-order valence-corrected chi connectivity index (χ3v) is 2.37. The Bertz CT molecular complexity index is 607. The van der Waals surface area contributed by atoms with Gasteiger partial charge in [-0.2, -0.15) is 4.39 Å². The van der Waals surface area contributed by atoms with E-state index in [4.69, 9.17) is 11.6 Å². The van der Waals surface area contributed by atoms with Crippen LogP contribution in [0.1, 0.15) is 0 Å². The molecule has 0 aliphatic carbocycles. The maximum Gasteiger partial charge on any atom is 0.304 e. The van der Waals surface area contributed by atoms with Gasteiger partial charge in [0.2, 0.25) is 5.82 Å². The lowest BCUT2D eigenvalue weighted by Crippen LogP contribution is -1.95. The average Bonchev–Trinajstić information content (AvgIpc) is 2.28. The number of halogens is 2. The van der Waals surface area contributed by atoms with Gasteiger partial charge in [-0.25, -0.2) is 4.98 Å². The summed E-state index contributed by atoms with van der Waals surface area (Å²) in [6.07, 6.45) is 1.49. The first-order valence-electron chi connectivity index (χ1n) is 4.89. The lowest BCUT2D eigenvalue weighted by molar-refractivity contribution is -0.387. The molecule has 0 aliphatic heterocycles. The van der Waals surface area contributed by atoms with Gasteiger partial charge >= 0.3 is 5.69 Å². The number of rotatable bonds is 3. The second kappa shape index (κ2) is 4.97. The van der Waals surface area contributed by atoms with Crippen LogP contribution in [0.15, 0.2) is 36.5 Å². The summed E-state index contributed by atoms with van der Waals surface area (Å²) < 4.78 is 13.4. The first-order valence-corrected chi connectivity index (χ1v) is 5.26. The van der Waals surface area contributed by atoms with Crippen LogP contribution in [0.4, 0.5) is 21.5 Å². The number of aromatic nitrogens is 1. The molecular formula is C11H7ClFN3O2. The molecule has 1 aromatic heterocycles. The van der Waals surface area contributed by atoms with Crippen molar-refractivity contribution in [1.82, 2.24) is 4.98 Å². The Labute approximate surface area is 106 Å². The van der Waals surface area contributed by atoms with Gasteiger partial charge in [-0.15, -0.1) is 0 Å². The van der Waals surface area contributed by atoms with Crippen LogP contribution in [-0.4, -0.2) is 9.91 Å². The van der Waals surface area contributed by atoms with Crippen molar-refractivity contribution >= 4 is 28.7 Å². The van der Waals surface area contributed by atoms with Gasteiger partial charge < -0.3 is 5.32 Å². The van der Waals surface area contributed by atoms with Gasteiger partial charge in [0.15, 0.2) is 0 Å². The summed E-state index contributed by atoms with van der Waals surface area (Å²) >= 11 is 5.69. The number of nitrogens with one attached hydrogen (secondary N) is 1. The Hall–Kier alpha value is -2.21. The Kier molecular flexibility index (Phi) is 3.38. The first-order chi connectivity index (χ1) is 8.56. The van der Waals surface area contributed by atoms with Crippen molar-refractivity contribution in [3.8, 4) is 0 Å². The van der Waals surface area contributed by atoms with Gasteiger partial charge in [-0.1, -0.05) is 11.6 Å². The summed E-state index contributed by atoms with van der Waals surface area (Å²) in [6.45, 7) is 0. The largest absolute Gasteiger partial charge is 0.355 e. The SMILES string of the molecule is O=[N+]([O-])c1ccc(Nc2ccnc(Cl)c2)cc1F. The van der Waals surface area contributed by atoms with Crippen LogP contribution in [0.5, 0.6) is 0 Å². The highest BCUT2D eigenvalue weighted by Crippen LogP contribution is 2.24. The second-order valence-electron chi connectivity index (χ2n) is 3.42. The molecule has 1 heterocycles. The maximum absolute atomic E-state index is 13.4. The predicted molar refractivity (Wildman–Crippen MR) is 65.6 cm³/mol. The smallest absolute Gasteiger partial charge is 0.304 e. The minimum absolute atomic E-state index is 0.294. The zero-order valence-electron chi connectivity index (χ0n) is 8.93. The molecule has 1 N–H and O–H groups in total. The van der Waals surface area contributed by atoms with Crippen LogP contribution in [0.3, 0.4) is 0 Å². The number of anilines is 2. The number of pyridine rings is 1. The third kappa shape index (κ3) is 2.72. The normalized spacial score (nSPS) is 10.1. The average molecular weight is 268 g/mol. The predicted octanol–water partition coefficient (Wildman–Crippen LogP) is 3.53. The van der Waals surface area contributed by atoms with Gasteiger partial charge in [0.25, 0.3) is 0 Å². The molecule has 0 aliphatic rings. The molecule has 92 valence electrons. The van der Waals surface area contributed by atoms with Crippen LogP contribution < -0.4 is 5.32 Å². The topological polar surface area (TPSA) is 68.1 Å². The monoisotopic (exact) mass is 267 g/mol. The minimum Gasteiger partial charge on any atom is -0.355 e. The van der Waals surface area contributed by atoms with Gasteiger partial charge in [0.05, 0.1) is 4.92 Å². The van der Waals surface area contributed by atoms with E-state index in [0.717, 1.165) is 12.1 Å². The molecule has 0 saturated carbocycles. The van der Waals surface area contributed by atoms with Crippen LogP contribution >= 0.6 is 11.6 Å². The molecule has 2 aromatic rings. The van der Waals surface area contributed by atoms with E-state index in [1.807, 2.05) is 0 Å². The highest BCUT2D eigenvalue weighted by molar-refractivity contribution is 6.29. The molecule has 2 rings (SSSR count). The Morgan fingerprint density at radius 3 is 2.61 bits per heavy atom. The van der Waals surface area contributed by atoms with E-state index in [1.54, 1.807) is 12.1 Å². The summed E-state index contributed by atoms with van der Waals surface area (Å²) in [4.78, 5) is 13.5. The van der Waals surface area contributed by atoms with Gasteiger partial charge in [0.1, 0.15) is 5.15 Å². The Balaban J connectivity index is 2.25. The standard InChI is InChI=1S/C11H7ClFN3O2/c12-11-6-8(3-4-14-11)15-7-1-2-10(16(17)18)9(13)5-7/h1-6H,(H,14,15). The van der Waals surface area contributed by atoms with Gasteiger partial charge in [-0.05, 0) is 18.2 Å². The molecule has 1 aromatic carbocycles. The first kappa shape index (κ1) is 12.3. The molecule has 0 unspecified atom stereocenters. The quantitative estimate of drug-likeness (QED) is 0.525. The number of hydrogen-bond donors (Lipinski definition) is 1. The molecule has 0 fully saturated rings. The van der Waals surface area contributed by atoms with Crippen LogP contribution in [-0.2, 0) is 0 Å². The number of benzene rings is 1. The van der Waals surface area contributed by atoms with Crippen molar-refractivity contribution < 1.29 is 9.31 Å². The van der Waals surface area contributed by atoms with E-state index in [-0.39, 0.29) is 0 Å². The van der Waals surface area contributed by atoms with Crippen molar-refractivity contribution in [1.29, 1.82) is 0 Å². The summed E-state index contributed by atoms with van der Waals surface area (Å²) in [5.74, 6) is -0.898. The number of nitrogens with zero attached hydrogens (tertiary/aromatic N) is 2. The zero-order chi connectivity index (χ0) is 13.1. The highest BCUT2D eigenvalue weighted by atomic mass is 35.5. The van der Waals surface area contributed by atoms with Crippen LogP contribution in [0.25, 0.3) is 0 Å². The van der Waals surface area contributed by atoms with E-state index in [2.05, 4.69) is 10.3 Å². The highest BCUT2D eigenvalue weighted by Gasteiger charge is 2.13. The molecule has 5 nitrogen and oxygen atoms in total. The summed E-state index contributed by atoms with van der Waals surface area (Å²) in [6, 6.07) is 6.76.